The summed E-state index contributed by atoms with van der Waals surface area (Å²) in [5.41, 5.74) is 0.926. The van der Waals surface area contributed by atoms with E-state index in [1.54, 1.807) is 18.3 Å². The SMILES string of the molecule is O=C(/C=C/CN1CCOCC1)N1CCN(c2nc(OCC34CCCN3CCC4)nc3c(F)c(-c4cccc5cccc(Cl)c45)ncc23)CC1. The van der Waals surface area contributed by atoms with Gasteiger partial charge in [-0.3, -0.25) is 19.6 Å². The van der Waals surface area contributed by atoms with E-state index in [-0.39, 0.29) is 28.7 Å². The molecule has 49 heavy (non-hydrogen) atoms. The maximum atomic E-state index is 16.8. The van der Waals surface area contributed by atoms with Crippen LogP contribution >= 0.6 is 11.6 Å². The van der Waals surface area contributed by atoms with Crippen molar-refractivity contribution in [1.82, 2.24) is 29.7 Å². The molecule has 0 unspecified atom stereocenters. The zero-order valence-corrected chi connectivity index (χ0v) is 28.4. The van der Waals surface area contributed by atoms with Gasteiger partial charge in [0, 0.05) is 74.1 Å². The van der Waals surface area contributed by atoms with E-state index in [2.05, 4.69) is 19.7 Å². The fourth-order valence-corrected chi connectivity index (χ4v) is 8.28. The Labute approximate surface area is 290 Å². The van der Waals surface area contributed by atoms with Crippen LogP contribution in [-0.4, -0.2) is 120 Å². The number of benzene rings is 2. The van der Waals surface area contributed by atoms with Crippen LogP contribution in [0.4, 0.5) is 10.2 Å². The Balaban J connectivity index is 1.09. The normalized spacial score (nSPS) is 20.1. The first-order chi connectivity index (χ1) is 24.0. The lowest BCUT2D eigenvalue weighted by atomic mass is 9.95. The average molecular weight is 686 g/mol. The number of carbonyl (C=O) groups is 1. The average Bonchev–Trinajstić information content (AvgIpc) is 3.72. The molecular weight excluding hydrogens is 645 g/mol. The molecule has 4 aliphatic heterocycles. The number of anilines is 1. The number of hydrogen-bond acceptors (Lipinski definition) is 9. The van der Waals surface area contributed by atoms with Crippen LogP contribution in [0.2, 0.25) is 5.02 Å². The number of morpholine rings is 1. The summed E-state index contributed by atoms with van der Waals surface area (Å²) in [5.74, 6) is 0.0164. The number of carbonyl (C=O) groups excluding carboxylic acids is 1. The fraction of sp³-hybridized carbons (Fsp3) is 0.459. The summed E-state index contributed by atoms with van der Waals surface area (Å²) in [6.07, 6.45) is 9.72. The van der Waals surface area contributed by atoms with Crippen LogP contribution in [0.3, 0.4) is 0 Å². The van der Waals surface area contributed by atoms with Gasteiger partial charge in [-0.2, -0.15) is 9.97 Å². The predicted octanol–water partition coefficient (Wildman–Crippen LogP) is 5.18. The van der Waals surface area contributed by atoms with E-state index in [1.165, 1.54) is 0 Å². The zero-order chi connectivity index (χ0) is 33.4. The molecule has 256 valence electrons. The standard InChI is InChI=1S/C37H41ClFN7O3/c38-29-9-2-7-26-6-1-8-27(31(26)29)33-32(39)34-28(24-40-33)35(42-36(41-34)49-25-37-11-4-14-46(37)15-5-12-37)45-18-16-44(17-19-45)30(47)10-3-13-43-20-22-48-23-21-43/h1-3,6-10,24H,4-5,11-23,25H2/b10-3+. The molecule has 8 rings (SSSR count). The van der Waals surface area contributed by atoms with Gasteiger partial charge in [-0.1, -0.05) is 48.0 Å². The molecule has 2 aromatic heterocycles. The van der Waals surface area contributed by atoms with E-state index in [0.29, 0.717) is 54.6 Å². The summed E-state index contributed by atoms with van der Waals surface area (Å²) in [5, 5.41) is 2.68. The topological polar surface area (TPSA) is 87.2 Å². The molecule has 4 aromatic rings. The number of fused-ring (bicyclic) bond motifs is 3. The molecule has 10 nitrogen and oxygen atoms in total. The van der Waals surface area contributed by atoms with Gasteiger partial charge in [-0.05, 0) is 50.2 Å². The maximum absolute atomic E-state index is 16.8. The zero-order valence-electron chi connectivity index (χ0n) is 27.6. The van der Waals surface area contributed by atoms with E-state index in [9.17, 15) is 4.79 Å². The first-order valence-corrected chi connectivity index (χ1v) is 17.8. The van der Waals surface area contributed by atoms with Crippen LogP contribution in [0.25, 0.3) is 32.9 Å². The van der Waals surface area contributed by atoms with E-state index in [0.717, 1.165) is 82.4 Å². The Morgan fingerprint density at radius 2 is 1.73 bits per heavy atom. The molecule has 0 aliphatic carbocycles. The number of amides is 1. The molecule has 6 heterocycles. The van der Waals surface area contributed by atoms with Gasteiger partial charge >= 0.3 is 6.01 Å². The number of halogens is 2. The molecule has 4 fully saturated rings. The van der Waals surface area contributed by atoms with Crippen molar-refractivity contribution in [2.75, 3.05) is 83.6 Å². The molecule has 4 saturated heterocycles. The third-order valence-electron chi connectivity index (χ3n) is 10.7. The molecule has 4 aliphatic rings. The van der Waals surface area contributed by atoms with Gasteiger partial charge in [0.15, 0.2) is 5.82 Å². The van der Waals surface area contributed by atoms with Crippen molar-refractivity contribution in [2.45, 2.75) is 31.2 Å². The monoisotopic (exact) mass is 685 g/mol. The van der Waals surface area contributed by atoms with Crippen molar-refractivity contribution in [2.24, 2.45) is 0 Å². The smallest absolute Gasteiger partial charge is 0.319 e. The lowest BCUT2D eigenvalue weighted by Crippen LogP contribution is -2.48. The largest absolute Gasteiger partial charge is 0.461 e. The van der Waals surface area contributed by atoms with Gasteiger partial charge < -0.3 is 19.3 Å². The number of pyridine rings is 1. The summed E-state index contributed by atoms with van der Waals surface area (Å²) in [4.78, 5) is 36.0. The van der Waals surface area contributed by atoms with E-state index in [4.69, 9.17) is 31.0 Å². The summed E-state index contributed by atoms with van der Waals surface area (Å²) in [7, 11) is 0. The summed E-state index contributed by atoms with van der Waals surface area (Å²) < 4.78 is 28.6. The maximum Gasteiger partial charge on any atom is 0.319 e. The lowest BCUT2D eigenvalue weighted by Gasteiger charge is -2.35. The minimum absolute atomic E-state index is 0.00693. The number of rotatable bonds is 8. The molecule has 0 spiro atoms. The van der Waals surface area contributed by atoms with Crippen LogP contribution in [0.15, 0.2) is 54.7 Å². The Morgan fingerprint density at radius 1 is 0.980 bits per heavy atom. The highest BCUT2D eigenvalue weighted by Crippen LogP contribution is 2.40. The minimum atomic E-state index is -0.542. The van der Waals surface area contributed by atoms with Crippen LogP contribution in [-0.2, 0) is 9.53 Å². The van der Waals surface area contributed by atoms with E-state index in [1.807, 2.05) is 41.3 Å². The Kier molecular flexibility index (Phi) is 9.09. The number of aromatic nitrogens is 3. The summed E-state index contributed by atoms with van der Waals surface area (Å²) in [6, 6.07) is 11.5. The van der Waals surface area contributed by atoms with Crippen molar-refractivity contribution in [3.8, 4) is 17.3 Å². The van der Waals surface area contributed by atoms with Gasteiger partial charge in [-0.15, -0.1) is 0 Å². The van der Waals surface area contributed by atoms with E-state index >= 15 is 4.39 Å². The first-order valence-electron chi connectivity index (χ1n) is 17.4. The van der Waals surface area contributed by atoms with Crippen molar-refractivity contribution >= 4 is 45.0 Å². The molecule has 0 bridgehead atoms. The van der Waals surface area contributed by atoms with Crippen molar-refractivity contribution in [3.63, 3.8) is 0 Å². The Morgan fingerprint density at radius 3 is 2.51 bits per heavy atom. The lowest BCUT2D eigenvalue weighted by molar-refractivity contribution is -0.126. The van der Waals surface area contributed by atoms with Gasteiger partial charge in [0.25, 0.3) is 0 Å². The quantitative estimate of drug-likeness (QED) is 0.233. The number of ether oxygens (including phenoxy) is 2. The molecule has 0 N–H and O–H groups in total. The van der Waals surface area contributed by atoms with Gasteiger partial charge in [0.05, 0.1) is 24.1 Å². The van der Waals surface area contributed by atoms with Crippen molar-refractivity contribution in [3.05, 3.63) is 65.6 Å². The van der Waals surface area contributed by atoms with Crippen molar-refractivity contribution < 1.29 is 18.7 Å². The third-order valence-corrected chi connectivity index (χ3v) is 11.0. The van der Waals surface area contributed by atoms with Crippen molar-refractivity contribution in [1.29, 1.82) is 0 Å². The molecule has 0 radical (unpaired) electrons. The predicted molar refractivity (Wildman–Crippen MR) is 189 cm³/mol. The highest BCUT2D eigenvalue weighted by molar-refractivity contribution is 6.36. The molecule has 2 aromatic carbocycles. The Hall–Kier alpha value is -3.90. The van der Waals surface area contributed by atoms with Gasteiger partial charge in [0.2, 0.25) is 5.91 Å². The van der Waals surface area contributed by atoms with E-state index < -0.39 is 5.82 Å². The second kappa shape index (κ2) is 13.8. The number of piperazine rings is 1. The summed E-state index contributed by atoms with van der Waals surface area (Å²) >= 11 is 6.63. The fourth-order valence-electron chi connectivity index (χ4n) is 8.00. The molecule has 12 heteroatoms. The summed E-state index contributed by atoms with van der Waals surface area (Å²) in [6.45, 7) is 8.67. The third kappa shape index (κ3) is 6.33. The van der Waals surface area contributed by atoms with Crippen LogP contribution in [0.1, 0.15) is 25.7 Å². The number of nitrogens with zero attached hydrogens (tertiary/aromatic N) is 7. The molecular formula is C37H41ClFN7O3. The molecule has 0 saturated carbocycles. The molecule has 1 amide bonds. The minimum Gasteiger partial charge on any atom is -0.461 e. The molecule has 0 atom stereocenters. The van der Waals surface area contributed by atoms with Crippen LogP contribution in [0.5, 0.6) is 6.01 Å². The second-order valence-corrected chi connectivity index (χ2v) is 13.9. The van der Waals surface area contributed by atoms with Crippen LogP contribution < -0.4 is 9.64 Å². The van der Waals surface area contributed by atoms with Crippen LogP contribution in [0, 0.1) is 5.82 Å². The number of hydrogen-bond donors (Lipinski definition) is 0. The first kappa shape index (κ1) is 32.3. The second-order valence-electron chi connectivity index (χ2n) is 13.5. The highest BCUT2D eigenvalue weighted by Gasteiger charge is 2.45. The highest BCUT2D eigenvalue weighted by atomic mass is 35.5. The Bertz CT molecular complexity index is 1880. The van der Waals surface area contributed by atoms with Gasteiger partial charge in [-0.25, -0.2) is 4.39 Å². The van der Waals surface area contributed by atoms with Gasteiger partial charge in [0.1, 0.15) is 23.6 Å².